The van der Waals surface area contributed by atoms with Crippen LogP contribution in [0.4, 0.5) is 5.82 Å². The first-order chi connectivity index (χ1) is 12.5. The van der Waals surface area contributed by atoms with Crippen LogP contribution < -0.4 is 4.90 Å². The smallest absolute Gasteiger partial charge is 0.222 e. The first-order valence-corrected chi connectivity index (χ1v) is 8.78. The summed E-state index contributed by atoms with van der Waals surface area (Å²) in [6.45, 7) is 4.06. The van der Waals surface area contributed by atoms with Gasteiger partial charge < -0.3 is 14.9 Å². The Kier molecular flexibility index (Phi) is 5.46. The Balaban J connectivity index is 1.48. The van der Waals surface area contributed by atoms with Crippen molar-refractivity contribution in [3.8, 4) is 0 Å². The summed E-state index contributed by atoms with van der Waals surface area (Å²) >= 11 is 0. The van der Waals surface area contributed by atoms with E-state index in [0.717, 1.165) is 11.5 Å². The number of aromatic nitrogens is 5. The molecular formula is C17H25N7O2. The molecule has 0 unspecified atom stereocenters. The minimum Gasteiger partial charge on any atom is -0.386 e. The molecule has 0 bridgehead atoms. The van der Waals surface area contributed by atoms with E-state index >= 15 is 0 Å². The SMILES string of the molecule is Cc1cc(N2CC[C@](O)(CN(C)C(=O)CCCn3cncn3)C2)ncn1. The Labute approximate surface area is 152 Å². The minimum absolute atomic E-state index is 0.0230. The molecular weight excluding hydrogens is 334 g/mol. The van der Waals surface area contributed by atoms with Gasteiger partial charge in [0.15, 0.2) is 0 Å². The third kappa shape index (κ3) is 4.54. The average molecular weight is 359 g/mol. The lowest BCUT2D eigenvalue weighted by Gasteiger charge is -2.29. The second-order valence-electron chi connectivity index (χ2n) is 6.93. The van der Waals surface area contributed by atoms with Gasteiger partial charge in [0.05, 0.1) is 6.54 Å². The molecule has 1 aliphatic rings. The van der Waals surface area contributed by atoms with Gasteiger partial charge in [-0.05, 0) is 19.8 Å². The number of carbonyl (C=O) groups excluding carboxylic acids is 1. The van der Waals surface area contributed by atoms with Crippen LogP contribution in [0.15, 0.2) is 25.0 Å². The van der Waals surface area contributed by atoms with Gasteiger partial charge in [-0.1, -0.05) is 0 Å². The summed E-state index contributed by atoms with van der Waals surface area (Å²) in [5, 5.41) is 14.9. The van der Waals surface area contributed by atoms with Crippen LogP contribution in [0.5, 0.6) is 0 Å². The summed E-state index contributed by atoms with van der Waals surface area (Å²) < 4.78 is 1.71. The zero-order valence-electron chi connectivity index (χ0n) is 15.2. The maximum absolute atomic E-state index is 12.3. The van der Waals surface area contributed by atoms with Gasteiger partial charge in [0.2, 0.25) is 5.91 Å². The normalized spacial score (nSPS) is 19.7. The number of hydrogen-bond donors (Lipinski definition) is 1. The molecule has 1 fully saturated rings. The highest BCUT2D eigenvalue weighted by Gasteiger charge is 2.38. The summed E-state index contributed by atoms with van der Waals surface area (Å²) in [6, 6.07) is 1.91. The van der Waals surface area contributed by atoms with Crippen molar-refractivity contribution in [2.45, 2.75) is 38.3 Å². The Morgan fingerprint density at radius 2 is 2.23 bits per heavy atom. The van der Waals surface area contributed by atoms with Crippen LogP contribution in [0.1, 0.15) is 25.0 Å². The van der Waals surface area contributed by atoms with Gasteiger partial charge in [-0.15, -0.1) is 0 Å². The van der Waals surface area contributed by atoms with E-state index in [1.807, 2.05) is 17.9 Å². The standard InChI is InChI=1S/C17H25N7O2/c1-14-8-15(20-12-19-14)23-7-5-17(26,10-23)9-22(2)16(25)4-3-6-24-13-18-11-21-24/h8,11-13,26H,3-7,9-10H2,1-2H3/t17-/m0/s1. The van der Waals surface area contributed by atoms with Crippen LogP contribution in [0.25, 0.3) is 0 Å². The lowest BCUT2D eigenvalue weighted by molar-refractivity contribution is -0.133. The van der Waals surface area contributed by atoms with Crippen LogP contribution in [-0.2, 0) is 11.3 Å². The van der Waals surface area contributed by atoms with Crippen LogP contribution in [-0.4, -0.2) is 72.9 Å². The van der Waals surface area contributed by atoms with E-state index in [2.05, 4.69) is 20.1 Å². The maximum atomic E-state index is 12.3. The zero-order valence-corrected chi connectivity index (χ0v) is 15.2. The fourth-order valence-corrected chi connectivity index (χ4v) is 3.26. The van der Waals surface area contributed by atoms with Crippen LogP contribution in [0, 0.1) is 6.92 Å². The third-order valence-corrected chi connectivity index (χ3v) is 4.65. The quantitative estimate of drug-likeness (QED) is 0.756. The van der Waals surface area contributed by atoms with Gasteiger partial charge in [0.1, 0.15) is 30.4 Å². The molecule has 1 atom stereocenters. The number of nitrogens with zero attached hydrogens (tertiary/aromatic N) is 7. The van der Waals surface area contributed by atoms with Crippen molar-refractivity contribution in [3.63, 3.8) is 0 Å². The number of aliphatic hydroxyl groups is 1. The molecule has 140 valence electrons. The van der Waals surface area contributed by atoms with Gasteiger partial charge in [0.25, 0.3) is 0 Å². The Hall–Kier alpha value is -2.55. The van der Waals surface area contributed by atoms with Gasteiger partial charge in [-0.3, -0.25) is 9.48 Å². The van der Waals surface area contributed by atoms with E-state index in [1.54, 1.807) is 23.0 Å². The van der Waals surface area contributed by atoms with E-state index in [0.29, 0.717) is 45.4 Å². The molecule has 1 saturated heterocycles. The predicted molar refractivity (Wildman–Crippen MR) is 95.4 cm³/mol. The molecule has 3 heterocycles. The van der Waals surface area contributed by atoms with Gasteiger partial charge in [0, 0.05) is 44.9 Å². The molecule has 1 N–H and O–H groups in total. The number of anilines is 1. The number of amides is 1. The molecule has 0 radical (unpaired) electrons. The van der Waals surface area contributed by atoms with Crippen molar-refractivity contribution in [3.05, 3.63) is 30.7 Å². The van der Waals surface area contributed by atoms with E-state index in [4.69, 9.17) is 0 Å². The second kappa shape index (κ2) is 7.77. The molecule has 3 rings (SSSR count). The number of carbonyl (C=O) groups is 1. The minimum atomic E-state index is -0.921. The van der Waals surface area contributed by atoms with Gasteiger partial charge in [-0.2, -0.15) is 5.10 Å². The fraction of sp³-hybridized carbons (Fsp3) is 0.588. The zero-order chi connectivity index (χ0) is 18.6. The molecule has 2 aromatic heterocycles. The van der Waals surface area contributed by atoms with Crippen molar-refractivity contribution in [1.29, 1.82) is 0 Å². The number of aryl methyl sites for hydroxylation is 2. The molecule has 1 amide bonds. The highest BCUT2D eigenvalue weighted by Crippen LogP contribution is 2.26. The molecule has 0 saturated carbocycles. The topological polar surface area (TPSA) is 100 Å². The van der Waals surface area contributed by atoms with Crippen molar-refractivity contribution in [1.82, 2.24) is 29.6 Å². The molecule has 26 heavy (non-hydrogen) atoms. The van der Waals surface area contributed by atoms with E-state index in [-0.39, 0.29) is 5.91 Å². The summed E-state index contributed by atoms with van der Waals surface area (Å²) in [5.41, 5.74) is -0.0278. The van der Waals surface area contributed by atoms with Crippen LogP contribution in [0.2, 0.25) is 0 Å². The molecule has 0 aliphatic carbocycles. The van der Waals surface area contributed by atoms with Crippen molar-refractivity contribution in [2.75, 3.05) is 31.6 Å². The second-order valence-corrected chi connectivity index (χ2v) is 6.93. The lowest BCUT2D eigenvalue weighted by atomic mass is 10.0. The first kappa shape index (κ1) is 18.2. The average Bonchev–Trinajstić information content (AvgIpc) is 3.25. The predicted octanol–water partition coefficient (Wildman–Crippen LogP) is 0.257. The van der Waals surface area contributed by atoms with Crippen molar-refractivity contribution >= 4 is 11.7 Å². The lowest BCUT2D eigenvalue weighted by Crippen LogP contribution is -2.45. The number of likely N-dealkylation sites (N-methyl/N-ethyl adjacent to an activating group) is 1. The van der Waals surface area contributed by atoms with Gasteiger partial charge >= 0.3 is 0 Å². The van der Waals surface area contributed by atoms with Crippen LogP contribution in [0.3, 0.4) is 0 Å². The molecule has 9 heteroatoms. The van der Waals surface area contributed by atoms with Crippen molar-refractivity contribution in [2.24, 2.45) is 0 Å². The summed E-state index contributed by atoms with van der Waals surface area (Å²) in [4.78, 5) is 28.3. The van der Waals surface area contributed by atoms with Crippen molar-refractivity contribution < 1.29 is 9.90 Å². The highest BCUT2D eigenvalue weighted by molar-refractivity contribution is 5.75. The van der Waals surface area contributed by atoms with Crippen LogP contribution >= 0.6 is 0 Å². The van der Waals surface area contributed by atoms with E-state index in [1.165, 1.54) is 12.7 Å². The number of hydrogen-bond acceptors (Lipinski definition) is 7. The molecule has 0 aromatic carbocycles. The largest absolute Gasteiger partial charge is 0.386 e. The maximum Gasteiger partial charge on any atom is 0.222 e. The molecule has 1 aliphatic heterocycles. The Morgan fingerprint density at radius 1 is 1.38 bits per heavy atom. The Bertz CT molecular complexity index is 736. The molecule has 9 nitrogen and oxygen atoms in total. The fourth-order valence-electron chi connectivity index (χ4n) is 3.26. The van der Waals surface area contributed by atoms with E-state index in [9.17, 15) is 9.90 Å². The van der Waals surface area contributed by atoms with Gasteiger partial charge in [-0.25, -0.2) is 15.0 Å². The highest BCUT2D eigenvalue weighted by atomic mass is 16.3. The summed E-state index contributed by atoms with van der Waals surface area (Å²) in [5.74, 6) is 0.838. The van der Waals surface area contributed by atoms with E-state index < -0.39 is 5.60 Å². The first-order valence-electron chi connectivity index (χ1n) is 8.78. The number of rotatable bonds is 7. The Morgan fingerprint density at radius 3 is 2.96 bits per heavy atom. The third-order valence-electron chi connectivity index (χ3n) is 4.65. The number of β-amino-alcohol motifs (C(OH)–C–C–N with tert-alkyl or cyclic N) is 1. The summed E-state index contributed by atoms with van der Waals surface area (Å²) in [7, 11) is 1.74. The monoisotopic (exact) mass is 359 g/mol. The summed E-state index contributed by atoms with van der Waals surface area (Å²) in [6.07, 6.45) is 6.37. The molecule has 0 spiro atoms. The molecule has 2 aromatic rings.